The van der Waals surface area contributed by atoms with E-state index in [-0.39, 0.29) is 11.3 Å². The van der Waals surface area contributed by atoms with Crippen molar-refractivity contribution in [3.63, 3.8) is 0 Å². The highest BCUT2D eigenvalue weighted by atomic mass is 35.5. The van der Waals surface area contributed by atoms with Crippen LogP contribution in [-0.2, 0) is 12.8 Å². The van der Waals surface area contributed by atoms with E-state index in [2.05, 4.69) is 18.5 Å². The zero-order valence-corrected chi connectivity index (χ0v) is 21.0. The first kappa shape index (κ1) is 28.8. The number of nitro groups is 1. The molecule has 1 heterocycles. The van der Waals surface area contributed by atoms with E-state index < -0.39 is 10.9 Å². The number of hydrogen-bond donors (Lipinski definition) is 0. The summed E-state index contributed by atoms with van der Waals surface area (Å²) < 4.78 is 5.41. The van der Waals surface area contributed by atoms with Gasteiger partial charge in [-0.3, -0.25) is 10.1 Å². The number of non-ortho nitro benzene ring substituents is 1. The first-order valence-electron chi connectivity index (χ1n) is 11.2. The van der Waals surface area contributed by atoms with E-state index in [1.165, 1.54) is 29.8 Å². The van der Waals surface area contributed by atoms with Crippen molar-refractivity contribution in [3.8, 4) is 5.75 Å². The summed E-state index contributed by atoms with van der Waals surface area (Å²) in [5.41, 5.74) is 2.45. The molecule has 2 aromatic rings. The average molecular weight is 485 g/mol. The number of carbonyl (C=O) groups is 1. The van der Waals surface area contributed by atoms with Crippen molar-refractivity contribution >= 4 is 23.3 Å². The molecule has 0 radical (unpaired) electrons. The molecule has 0 fully saturated rings. The minimum absolute atomic E-state index is 0.0799. The molecule has 0 spiro atoms. The maximum Gasteiger partial charge on any atom is 0.343 e. The Hall–Kier alpha value is -3.22. The van der Waals surface area contributed by atoms with Gasteiger partial charge in [0.05, 0.1) is 15.5 Å². The molecule has 1 aliphatic heterocycles. The summed E-state index contributed by atoms with van der Waals surface area (Å²) in [4.78, 5) is 24.7. The molecule has 0 bridgehead atoms. The molecule has 0 aromatic heterocycles. The first-order chi connectivity index (χ1) is 16.3. The van der Waals surface area contributed by atoms with Crippen LogP contribution < -0.4 is 4.74 Å². The van der Waals surface area contributed by atoms with Crippen LogP contribution in [0.15, 0.2) is 73.4 Å². The number of nitro benzene ring substituents is 1. The van der Waals surface area contributed by atoms with Crippen molar-refractivity contribution in [1.82, 2.24) is 4.90 Å². The van der Waals surface area contributed by atoms with E-state index in [1.54, 1.807) is 6.08 Å². The molecule has 3 rings (SSSR count). The average Bonchev–Trinajstić information content (AvgIpc) is 3.02. The third-order valence-electron chi connectivity index (χ3n) is 4.85. The molecule has 0 atom stereocenters. The number of likely N-dealkylation sites (N-methyl/N-ethyl adjacent to an activating group) is 1. The van der Waals surface area contributed by atoms with Crippen molar-refractivity contribution in [2.45, 2.75) is 33.6 Å². The Kier molecular flexibility index (Phi) is 13.2. The van der Waals surface area contributed by atoms with Crippen LogP contribution in [0.4, 0.5) is 5.69 Å². The molecular weight excluding hydrogens is 452 g/mol. The molecule has 2 aromatic carbocycles. The molecule has 6 nitrogen and oxygen atoms in total. The van der Waals surface area contributed by atoms with Crippen LogP contribution in [0.2, 0.25) is 5.02 Å². The summed E-state index contributed by atoms with van der Waals surface area (Å²) in [7, 11) is 2.07. The number of halogens is 1. The number of allylic oxidation sites excluding steroid dienone is 5. The van der Waals surface area contributed by atoms with Gasteiger partial charge in [0.1, 0.15) is 5.75 Å². The van der Waals surface area contributed by atoms with Crippen molar-refractivity contribution in [1.29, 1.82) is 0 Å². The Balaban J connectivity index is 0.000000553. The number of ether oxygens (including phenoxy) is 1. The number of hydrogen-bond acceptors (Lipinski definition) is 5. The van der Waals surface area contributed by atoms with Gasteiger partial charge in [-0.15, -0.1) is 0 Å². The Labute approximate surface area is 207 Å². The Morgan fingerprint density at radius 2 is 1.68 bits per heavy atom. The standard InChI is InChI=1S/C18H17ClN2O4.C7H10.C2H6/c1-20-8-6-13-10-16(19)17(11-14(13)7-9-20)25-18(22)12-2-4-15(5-3-12)21(23)24;1-3-5-7-6-4-2;1-2/h2-5,10-11H,6-9H2,1H3;3-7H,1H2,2H3;1-2H3/b;6-4-,7-5-;. The fourth-order valence-electron chi connectivity index (χ4n) is 3.05. The molecule has 0 saturated carbocycles. The van der Waals surface area contributed by atoms with Crippen LogP contribution in [0.5, 0.6) is 5.75 Å². The maximum atomic E-state index is 12.3. The molecule has 0 unspecified atom stereocenters. The molecule has 1 aliphatic rings. The summed E-state index contributed by atoms with van der Waals surface area (Å²) in [6.45, 7) is 11.4. The number of rotatable bonds is 5. The largest absolute Gasteiger partial charge is 0.421 e. The molecule has 0 saturated heterocycles. The van der Waals surface area contributed by atoms with Crippen LogP contribution in [-0.4, -0.2) is 35.9 Å². The van der Waals surface area contributed by atoms with E-state index in [0.717, 1.165) is 31.5 Å². The molecule has 7 heteroatoms. The van der Waals surface area contributed by atoms with Crippen LogP contribution in [0.3, 0.4) is 0 Å². The summed E-state index contributed by atoms with van der Waals surface area (Å²) in [5, 5.41) is 11.1. The number of benzene rings is 2. The number of carbonyl (C=O) groups excluding carboxylic acids is 1. The fraction of sp³-hybridized carbons (Fsp3) is 0.296. The lowest BCUT2D eigenvalue weighted by Crippen LogP contribution is -2.20. The SMILES string of the molecule is C=C/C=C\C=C/C.CC.CN1CCc2cc(Cl)c(OC(=O)c3ccc([N+](=O)[O-])cc3)cc2CC1. The number of fused-ring (bicyclic) bond motifs is 1. The second kappa shape index (κ2) is 15.6. The van der Waals surface area contributed by atoms with Gasteiger partial charge in [-0.05, 0) is 62.2 Å². The van der Waals surface area contributed by atoms with Gasteiger partial charge in [0.25, 0.3) is 5.69 Å². The topological polar surface area (TPSA) is 72.7 Å². The van der Waals surface area contributed by atoms with Gasteiger partial charge in [0, 0.05) is 25.2 Å². The lowest BCUT2D eigenvalue weighted by Gasteiger charge is -2.11. The first-order valence-corrected chi connectivity index (χ1v) is 11.6. The van der Waals surface area contributed by atoms with Crippen LogP contribution >= 0.6 is 11.6 Å². The third-order valence-corrected chi connectivity index (χ3v) is 5.14. The highest BCUT2D eigenvalue weighted by Crippen LogP contribution is 2.31. The zero-order chi connectivity index (χ0) is 25.5. The third kappa shape index (κ3) is 9.33. The van der Waals surface area contributed by atoms with Gasteiger partial charge in [0.15, 0.2) is 0 Å². The van der Waals surface area contributed by atoms with E-state index in [0.29, 0.717) is 10.8 Å². The summed E-state index contributed by atoms with van der Waals surface area (Å²) >= 11 is 6.27. The zero-order valence-electron chi connectivity index (χ0n) is 20.3. The number of nitrogens with zero attached hydrogens (tertiary/aromatic N) is 2. The molecular formula is C27H33ClN2O4. The van der Waals surface area contributed by atoms with E-state index in [1.807, 2.05) is 57.2 Å². The van der Waals surface area contributed by atoms with Gasteiger partial charge >= 0.3 is 5.97 Å². The van der Waals surface area contributed by atoms with Gasteiger partial charge in [-0.1, -0.05) is 62.4 Å². The predicted molar refractivity (Wildman–Crippen MR) is 140 cm³/mol. The van der Waals surface area contributed by atoms with Gasteiger partial charge < -0.3 is 9.64 Å². The summed E-state index contributed by atoms with van der Waals surface area (Å²) in [6.07, 6.45) is 11.3. The number of esters is 1. The summed E-state index contributed by atoms with van der Waals surface area (Å²) in [6, 6.07) is 8.95. The normalized spacial score (nSPS) is 13.1. The highest BCUT2D eigenvalue weighted by Gasteiger charge is 2.17. The van der Waals surface area contributed by atoms with Gasteiger partial charge in [-0.2, -0.15) is 0 Å². The monoisotopic (exact) mass is 484 g/mol. The van der Waals surface area contributed by atoms with E-state index in [4.69, 9.17) is 16.3 Å². The smallest absolute Gasteiger partial charge is 0.343 e. The lowest BCUT2D eigenvalue weighted by molar-refractivity contribution is -0.384. The van der Waals surface area contributed by atoms with Crippen molar-refractivity contribution < 1.29 is 14.5 Å². The molecule has 0 N–H and O–H groups in total. The Morgan fingerprint density at radius 3 is 2.21 bits per heavy atom. The molecule has 34 heavy (non-hydrogen) atoms. The maximum absolute atomic E-state index is 12.3. The van der Waals surface area contributed by atoms with E-state index >= 15 is 0 Å². The fourth-order valence-corrected chi connectivity index (χ4v) is 3.27. The van der Waals surface area contributed by atoms with E-state index in [9.17, 15) is 14.9 Å². The summed E-state index contributed by atoms with van der Waals surface area (Å²) in [5.74, 6) is -0.282. The van der Waals surface area contributed by atoms with Crippen molar-refractivity contribution in [2.24, 2.45) is 0 Å². The second-order valence-electron chi connectivity index (χ2n) is 7.19. The van der Waals surface area contributed by atoms with Crippen LogP contribution in [0.25, 0.3) is 0 Å². The Bertz CT molecular complexity index is 1010. The molecule has 0 amide bonds. The minimum Gasteiger partial charge on any atom is -0.421 e. The second-order valence-corrected chi connectivity index (χ2v) is 7.60. The molecule has 0 aliphatic carbocycles. The van der Waals surface area contributed by atoms with Gasteiger partial charge in [0.2, 0.25) is 0 Å². The van der Waals surface area contributed by atoms with Crippen LogP contribution in [0.1, 0.15) is 42.3 Å². The highest BCUT2D eigenvalue weighted by molar-refractivity contribution is 6.32. The van der Waals surface area contributed by atoms with Crippen molar-refractivity contribution in [2.75, 3.05) is 20.1 Å². The minimum atomic E-state index is -0.595. The predicted octanol–water partition coefficient (Wildman–Crippen LogP) is 6.83. The molecule has 182 valence electrons. The van der Waals surface area contributed by atoms with Crippen LogP contribution in [0, 0.1) is 10.1 Å². The Morgan fingerprint density at radius 1 is 1.09 bits per heavy atom. The van der Waals surface area contributed by atoms with Gasteiger partial charge in [-0.25, -0.2) is 4.79 Å². The lowest BCUT2D eigenvalue weighted by atomic mass is 10.0. The quantitative estimate of drug-likeness (QED) is 0.153. The van der Waals surface area contributed by atoms with Crippen molar-refractivity contribution in [3.05, 3.63) is 105 Å².